The van der Waals surface area contributed by atoms with Crippen LogP contribution < -0.4 is 19.1 Å². The number of nitrogens with zero attached hydrogens (tertiary/aromatic N) is 3. The van der Waals surface area contributed by atoms with Crippen molar-refractivity contribution in [2.24, 2.45) is 0 Å². The Bertz CT molecular complexity index is 1550. The lowest BCUT2D eigenvalue weighted by Crippen LogP contribution is -2.45. The summed E-state index contributed by atoms with van der Waals surface area (Å²) in [5, 5.41) is 0. The molecule has 0 radical (unpaired) electrons. The highest BCUT2D eigenvalue weighted by atomic mass is 32.2. The highest BCUT2D eigenvalue weighted by Gasteiger charge is 2.30. The second-order valence-corrected chi connectivity index (χ2v) is 13.4. The average molecular weight is 607 g/mol. The van der Waals surface area contributed by atoms with Crippen LogP contribution in [0.2, 0.25) is 0 Å². The molecule has 1 amide bonds. The first kappa shape index (κ1) is 30.7. The van der Waals surface area contributed by atoms with E-state index in [0.29, 0.717) is 37.0 Å². The Kier molecular flexibility index (Phi) is 9.17. The van der Waals surface area contributed by atoms with E-state index in [1.165, 1.54) is 7.11 Å². The molecule has 5 rings (SSSR count). The van der Waals surface area contributed by atoms with Gasteiger partial charge in [-0.15, -0.1) is 0 Å². The number of amides is 1. The molecule has 0 spiro atoms. The maximum absolute atomic E-state index is 13.6. The molecule has 2 heterocycles. The first-order valence-electron chi connectivity index (χ1n) is 14.8. The van der Waals surface area contributed by atoms with E-state index in [0.717, 1.165) is 48.3 Å². The molecular formula is C33H42N4O5S. The zero-order valence-corrected chi connectivity index (χ0v) is 26.5. The van der Waals surface area contributed by atoms with E-state index in [4.69, 9.17) is 9.47 Å². The van der Waals surface area contributed by atoms with Crippen molar-refractivity contribution in [2.75, 3.05) is 57.0 Å². The highest BCUT2D eigenvalue weighted by Crippen LogP contribution is 2.33. The zero-order valence-electron chi connectivity index (χ0n) is 25.7. The van der Waals surface area contributed by atoms with Crippen LogP contribution in [0.1, 0.15) is 40.7 Å². The summed E-state index contributed by atoms with van der Waals surface area (Å²) < 4.78 is 41.7. The van der Waals surface area contributed by atoms with Crippen LogP contribution >= 0.6 is 0 Å². The van der Waals surface area contributed by atoms with Crippen LogP contribution in [0.3, 0.4) is 0 Å². The van der Waals surface area contributed by atoms with Crippen molar-refractivity contribution < 1.29 is 22.7 Å². The standard InChI is InChI=1S/C33H42N4O5S/c1-23-9-6-10-24(2)32(23)33(38)37-18-16-29(22-37)42-28-13-7-11-25(19-28)34-43(39,40)31-20-26(14-15-30(31)41-5)36-17-8-12-27(21-36)35(3)4/h6-7,9-11,13-15,19-20,27,29,34H,8,12,16-18,21-22H2,1-5H3/t27?,29-/m0/s1. The number of carbonyl (C=O) groups is 1. The van der Waals surface area contributed by atoms with Crippen LogP contribution in [0.15, 0.2) is 65.6 Å². The largest absolute Gasteiger partial charge is 0.495 e. The molecule has 2 aliphatic rings. The summed E-state index contributed by atoms with van der Waals surface area (Å²) in [5.41, 5.74) is 3.91. The Balaban J connectivity index is 1.28. The van der Waals surface area contributed by atoms with Crippen LogP contribution in [0, 0.1) is 13.8 Å². The third-order valence-corrected chi connectivity index (χ3v) is 9.85. The van der Waals surface area contributed by atoms with Crippen molar-refractivity contribution in [3.8, 4) is 11.5 Å². The monoisotopic (exact) mass is 606 g/mol. The van der Waals surface area contributed by atoms with E-state index in [1.54, 1.807) is 36.4 Å². The predicted octanol–water partition coefficient (Wildman–Crippen LogP) is 4.94. The number of aryl methyl sites for hydroxylation is 2. The van der Waals surface area contributed by atoms with Crippen molar-refractivity contribution >= 4 is 27.3 Å². The fourth-order valence-electron chi connectivity index (χ4n) is 6.04. The molecule has 3 aromatic carbocycles. The Hall–Kier alpha value is -3.76. The maximum Gasteiger partial charge on any atom is 0.265 e. The van der Waals surface area contributed by atoms with Gasteiger partial charge in [0.2, 0.25) is 0 Å². The molecule has 0 aliphatic carbocycles. The quantitative estimate of drug-likeness (QED) is 0.369. The minimum atomic E-state index is -3.97. The minimum absolute atomic E-state index is 0.0150. The molecule has 2 aliphatic heterocycles. The Morgan fingerprint density at radius 3 is 2.42 bits per heavy atom. The van der Waals surface area contributed by atoms with Gasteiger partial charge in [0.05, 0.1) is 19.3 Å². The summed E-state index contributed by atoms with van der Waals surface area (Å²) in [7, 11) is 1.66. The normalized spacial score (nSPS) is 19.0. The first-order chi connectivity index (χ1) is 20.6. The summed E-state index contributed by atoms with van der Waals surface area (Å²) >= 11 is 0. The van der Waals surface area contributed by atoms with Crippen LogP contribution in [0.4, 0.5) is 11.4 Å². The van der Waals surface area contributed by atoms with Crippen molar-refractivity contribution in [2.45, 2.75) is 50.2 Å². The number of sulfonamides is 1. The number of carbonyl (C=O) groups excluding carboxylic acids is 1. The maximum atomic E-state index is 13.6. The molecule has 0 bridgehead atoms. The van der Waals surface area contributed by atoms with Gasteiger partial charge in [0.25, 0.3) is 15.9 Å². The van der Waals surface area contributed by atoms with Crippen molar-refractivity contribution in [1.29, 1.82) is 0 Å². The summed E-state index contributed by atoms with van der Waals surface area (Å²) in [6.07, 6.45) is 2.67. The van der Waals surface area contributed by atoms with Gasteiger partial charge < -0.3 is 24.2 Å². The number of anilines is 2. The lowest BCUT2D eigenvalue weighted by Gasteiger charge is -2.37. The minimum Gasteiger partial charge on any atom is -0.495 e. The van der Waals surface area contributed by atoms with Crippen molar-refractivity contribution in [3.05, 3.63) is 77.4 Å². The number of piperidine rings is 1. The zero-order chi connectivity index (χ0) is 30.7. The van der Waals surface area contributed by atoms with Crippen LogP contribution in [-0.2, 0) is 10.0 Å². The van der Waals surface area contributed by atoms with Gasteiger partial charge in [0.15, 0.2) is 0 Å². The van der Waals surface area contributed by atoms with Gasteiger partial charge >= 0.3 is 0 Å². The molecule has 1 unspecified atom stereocenters. The molecule has 0 saturated carbocycles. The van der Waals surface area contributed by atoms with Gasteiger partial charge in [-0.1, -0.05) is 24.3 Å². The Labute approximate surface area is 255 Å². The molecular weight excluding hydrogens is 564 g/mol. The molecule has 3 aromatic rings. The molecule has 10 heteroatoms. The van der Waals surface area contributed by atoms with Gasteiger partial charge in [0.1, 0.15) is 22.5 Å². The Morgan fingerprint density at radius 1 is 0.953 bits per heavy atom. The van der Waals surface area contributed by atoms with Gasteiger partial charge in [-0.3, -0.25) is 9.52 Å². The van der Waals surface area contributed by atoms with Crippen molar-refractivity contribution in [3.63, 3.8) is 0 Å². The van der Waals surface area contributed by atoms with E-state index in [9.17, 15) is 13.2 Å². The van der Waals surface area contributed by atoms with E-state index in [2.05, 4.69) is 28.6 Å². The van der Waals surface area contributed by atoms with Gasteiger partial charge in [-0.2, -0.15) is 0 Å². The molecule has 230 valence electrons. The highest BCUT2D eigenvalue weighted by molar-refractivity contribution is 7.92. The van der Waals surface area contributed by atoms with E-state index in [-0.39, 0.29) is 22.7 Å². The second-order valence-electron chi connectivity index (χ2n) is 11.7. The van der Waals surface area contributed by atoms with Gasteiger partial charge in [-0.05, 0) is 82.2 Å². The number of methoxy groups -OCH3 is 1. The Morgan fingerprint density at radius 2 is 1.70 bits per heavy atom. The predicted molar refractivity (Wildman–Crippen MR) is 170 cm³/mol. The lowest BCUT2D eigenvalue weighted by molar-refractivity contribution is 0.0771. The number of ether oxygens (including phenoxy) is 2. The summed E-state index contributed by atoms with van der Waals surface area (Å²) in [5.74, 6) is 0.834. The third-order valence-electron chi connectivity index (χ3n) is 8.44. The van der Waals surface area contributed by atoms with Crippen LogP contribution in [-0.4, -0.2) is 83.7 Å². The van der Waals surface area contributed by atoms with Crippen molar-refractivity contribution in [1.82, 2.24) is 9.80 Å². The van der Waals surface area contributed by atoms with Crippen LogP contribution in [0.5, 0.6) is 11.5 Å². The number of hydrogen-bond acceptors (Lipinski definition) is 7. The molecule has 9 nitrogen and oxygen atoms in total. The van der Waals surface area contributed by atoms with E-state index >= 15 is 0 Å². The molecule has 2 fully saturated rings. The number of benzene rings is 3. The first-order valence-corrected chi connectivity index (χ1v) is 16.3. The average Bonchev–Trinajstić information content (AvgIpc) is 3.45. The molecule has 43 heavy (non-hydrogen) atoms. The SMILES string of the molecule is COc1ccc(N2CCCC(N(C)C)C2)cc1S(=O)(=O)Nc1cccc(O[C@H]2CCN(C(=O)c3c(C)cccc3C)C2)c1. The topological polar surface area (TPSA) is 91.4 Å². The number of nitrogens with one attached hydrogen (secondary N) is 1. The van der Waals surface area contributed by atoms with Crippen LogP contribution in [0.25, 0.3) is 0 Å². The number of likely N-dealkylation sites (tertiary alicyclic amines) is 1. The van der Waals surface area contributed by atoms with E-state index in [1.807, 2.05) is 43.0 Å². The summed E-state index contributed by atoms with van der Waals surface area (Å²) in [6.45, 7) is 6.69. The molecule has 0 aromatic heterocycles. The summed E-state index contributed by atoms with van der Waals surface area (Å²) in [6, 6.07) is 18.5. The van der Waals surface area contributed by atoms with Gasteiger partial charge in [0, 0.05) is 49.4 Å². The smallest absolute Gasteiger partial charge is 0.265 e. The van der Waals surface area contributed by atoms with Gasteiger partial charge in [-0.25, -0.2) is 8.42 Å². The molecule has 2 saturated heterocycles. The number of rotatable bonds is 9. The number of hydrogen-bond donors (Lipinski definition) is 1. The summed E-state index contributed by atoms with van der Waals surface area (Å²) in [4.78, 5) is 19.6. The molecule has 2 atom stereocenters. The molecule has 1 N–H and O–H groups in total. The fraction of sp³-hybridized carbons (Fsp3) is 0.424. The second kappa shape index (κ2) is 12.9. The third kappa shape index (κ3) is 6.91. The van der Waals surface area contributed by atoms with E-state index < -0.39 is 10.0 Å². The fourth-order valence-corrected chi connectivity index (χ4v) is 7.28. The number of likely N-dealkylation sites (N-methyl/N-ethyl adjacent to an activating group) is 1. The lowest BCUT2D eigenvalue weighted by atomic mass is 10.0.